The van der Waals surface area contributed by atoms with E-state index in [0.29, 0.717) is 11.3 Å². The maximum absolute atomic E-state index is 11.6. The number of hydrogen-bond donors (Lipinski definition) is 1. The van der Waals surface area contributed by atoms with Gasteiger partial charge in [0.25, 0.3) is 0 Å². The molecule has 0 spiro atoms. The number of oxime groups is 1. The topological polar surface area (TPSA) is 73.9 Å². The number of ether oxygens (including phenoxy) is 1. The molecule has 2 aromatic carbocycles. The molecular weight excluding hydrogens is 280 g/mol. The van der Waals surface area contributed by atoms with Crippen LogP contribution in [-0.4, -0.2) is 18.4 Å². The summed E-state index contributed by atoms with van der Waals surface area (Å²) >= 11 is 0. The lowest BCUT2D eigenvalue weighted by Gasteiger charge is -2.09. The number of aryl methyl sites for hydroxylation is 1. The molecule has 0 aromatic heterocycles. The van der Waals surface area contributed by atoms with Crippen LogP contribution >= 0.6 is 0 Å². The number of nitrogens with two attached hydrogens (primary N) is 1. The van der Waals surface area contributed by atoms with Crippen LogP contribution in [0.3, 0.4) is 0 Å². The molecule has 0 aliphatic carbocycles. The standard InChI is InChI=1S/C17H18N2O3/c1-12-7-6-10-15(13(12)2)21-11-16(20)22-19-17(18)14-8-4-3-5-9-14/h3-10H,11H2,1-2H3,(H2,18,19). The van der Waals surface area contributed by atoms with Gasteiger partial charge in [0.15, 0.2) is 12.4 Å². The van der Waals surface area contributed by atoms with Gasteiger partial charge < -0.3 is 15.3 Å². The van der Waals surface area contributed by atoms with Crippen LogP contribution in [0.25, 0.3) is 0 Å². The van der Waals surface area contributed by atoms with Crippen LogP contribution in [0.5, 0.6) is 5.75 Å². The third-order valence-corrected chi connectivity index (χ3v) is 3.22. The van der Waals surface area contributed by atoms with Crippen LogP contribution in [-0.2, 0) is 9.63 Å². The van der Waals surface area contributed by atoms with Crippen molar-refractivity contribution >= 4 is 11.8 Å². The minimum absolute atomic E-state index is 0.140. The van der Waals surface area contributed by atoms with E-state index in [9.17, 15) is 4.79 Å². The normalized spacial score (nSPS) is 11.1. The zero-order chi connectivity index (χ0) is 15.9. The number of benzene rings is 2. The number of hydrogen-bond acceptors (Lipinski definition) is 4. The first kappa shape index (κ1) is 15.6. The van der Waals surface area contributed by atoms with Gasteiger partial charge in [-0.3, -0.25) is 0 Å². The largest absolute Gasteiger partial charge is 0.482 e. The Balaban J connectivity index is 1.90. The van der Waals surface area contributed by atoms with Crippen molar-refractivity contribution in [3.05, 3.63) is 65.2 Å². The van der Waals surface area contributed by atoms with Crippen LogP contribution in [0, 0.1) is 13.8 Å². The lowest BCUT2D eigenvalue weighted by Crippen LogP contribution is -2.18. The average Bonchev–Trinajstić information content (AvgIpc) is 2.54. The number of carbonyl (C=O) groups excluding carboxylic acids is 1. The molecule has 0 aliphatic heterocycles. The van der Waals surface area contributed by atoms with E-state index < -0.39 is 5.97 Å². The molecule has 114 valence electrons. The molecule has 0 heterocycles. The van der Waals surface area contributed by atoms with Gasteiger partial charge in [-0.2, -0.15) is 0 Å². The Bertz CT molecular complexity index is 682. The summed E-state index contributed by atoms with van der Waals surface area (Å²) in [5.41, 5.74) is 8.50. The van der Waals surface area contributed by atoms with Gasteiger partial charge in [-0.15, -0.1) is 0 Å². The lowest BCUT2D eigenvalue weighted by molar-refractivity contribution is -0.146. The van der Waals surface area contributed by atoms with Crippen molar-refractivity contribution < 1.29 is 14.4 Å². The molecule has 22 heavy (non-hydrogen) atoms. The Morgan fingerprint density at radius 3 is 2.55 bits per heavy atom. The Hall–Kier alpha value is -2.82. The number of nitrogens with zero attached hydrogens (tertiary/aromatic N) is 1. The summed E-state index contributed by atoms with van der Waals surface area (Å²) in [6, 6.07) is 14.7. The summed E-state index contributed by atoms with van der Waals surface area (Å²) in [4.78, 5) is 16.4. The highest BCUT2D eigenvalue weighted by Gasteiger charge is 2.08. The van der Waals surface area contributed by atoms with E-state index in [1.165, 1.54) is 0 Å². The Morgan fingerprint density at radius 2 is 1.82 bits per heavy atom. The first-order valence-corrected chi connectivity index (χ1v) is 6.85. The fraction of sp³-hybridized carbons (Fsp3) is 0.176. The molecule has 0 amide bonds. The zero-order valence-corrected chi connectivity index (χ0v) is 12.6. The minimum Gasteiger partial charge on any atom is -0.482 e. The maximum atomic E-state index is 11.6. The molecule has 5 nitrogen and oxygen atoms in total. The molecule has 0 radical (unpaired) electrons. The summed E-state index contributed by atoms with van der Waals surface area (Å²) in [5.74, 6) is 0.178. The third kappa shape index (κ3) is 4.09. The second kappa shape index (κ2) is 7.26. The predicted octanol–water partition coefficient (Wildman–Crippen LogP) is 2.55. The van der Waals surface area contributed by atoms with Gasteiger partial charge in [0, 0.05) is 5.56 Å². The monoisotopic (exact) mass is 298 g/mol. The second-order valence-electron chi connectivity index (χ2n) is 4.79. The molecule has 0 fully saturated rings. The Kier molecular flexibility index (Phi) is 5.14. The van der Waals surface area contributed by atoms with Crippen molar-refractivity contribution in [1.29, 1.82) is 0 Å². The van der Waals surface area contributed by atoms with E-state index in [0.717, 1.165) is 11.1 Å². The summed E-state index contributed by atoms with van der Waals surface area (Å²) in [5, 5.41) is 3.61. The van der Waals surface area contributed by atoms with Crippen molar-refractivity contribution in [2.45, 2.75) is 13.8 Å². The highest BCUT2D eigenvalue weighted by molar-refractivity contribution is 5.97. The fourth-order valence-electron chi connectivity index (χ4n) is 1.81. The molecule has 0 aliphatic rings. The summed E-state index contributed by atoms with van der Waals surface area (Å²) in [7, 11) is 0. The van der Waals surface area contributed by atoms with Gasteiger partial charge in [0.2, 0.25) is 0 Å². The summed E-state index contributed by atoms with van der Waals surface area (Å²) in [6.45, 7) is 3.68. The van der Waals surface area contributed by atoms with E-state index >= 15 is 0 Å². The van der Waals surface area contributed by atoms with Crippen molar-refractivity contribution in [2.75, 3.05) is 6.61 Å². The second-order valence-corrected chi connectivity index (χ2v) is 4.79. The molecule has 0 saturated heterocycles. The predicted molar refractivity (Wildman–Crippen MR) is 84.7 cm³/mol. The van der Waals surface area contributed by atoms with Gasteiger partial charge >= 0.3 is 5.97 Å². The summed E-state index contributed by atoms with van der Waals surface area (Å²) < 4.78 is 5.43. The quantitative estimate of drug-likeness (QED) is 0.398. The molecule has 0 bridgehead atoms. The molecule has 0 unspecified atom stereocenters. The molecular formula is C17H18N2O3. The molecule has 5 heteroatoms. The molecule has 0 atom stereocenters. The number of carbonyl (C=O) groups is 1. The van der Waals surface area contributed by atoms with Crippen LogP contribution < -0.4 is 10.5 Å². The first-order chi connectivity index (χ1) is 10.6. The van der Waals surface area contributed by atoms with Gasteiger partial charge in [-0.25, -0.2) is 4.79 Å². The van der Waals surface area contributed by atoms with Crippen LogP contribution in [0.4, 0.5) is 0 Å². The van der Waals surface area contributed by atoms with Crippen molar-refractivity contribution in [3.63, 3.8) is 0 Å². The van der Waals surface area contributed by atoms with E-state index in [-0.39, 0.29) is 12.4 Å². The SMILES string of the molecule is Cc1cccc(OCC(=O)O/N=C(\N)c2ccccc2)c1C. The van der Waals surface area contributed by atoms with E-state index in [1.807, 2.05) is 44.2 Å². The molecule has 0 saturated carbocycles. The van der Waals surface area contributed by atoms with Crippen LogP contribution in [0.15, 0.2) is 53.7 Å². The molecule has 2 aromatic rings. The number of amidine groups is 1. The lowest BCUT2D eigenvalue weighted by atomic mass is 10.1. The van der Waals surface area contributed by atoms with Crippen molar-refractivity contribution in [2.24, 2.45) is 10.9 Å². The van der Waals surface area contributed by atoms with E-state index in [2.05, 4.69) is 5.16 Å². The van der Waals surface area contributed by atoms with Gasteiger partial charge in [-0.05, 0) is 31.0 Å². The Labute approximate surface area is 129 Å². The maximum Gasteiger partial charge on any atom is 0.372 e. The zero-order valence-electron chi connectivity index (χ0n) is 12.6. The minimum atomic E-state index is -0.611. The first-order valence-electron chi connectivity index (χ1n) is 6.85. The van der Waals surface area contributed by atoms with E-state index in [4.69, 9.17) is 15.3 Å². The average molecular weight is 298 g/mol. The highest BCUT2D eigenvalue weighted by atomic mass is 16.7. The molecule has 2 rings (SSSR count). The van der Waals surface area contributed by atoms with Crippen molar-refractivity contribution in [3.8, 4) is 5.75 Å². The smallest absolute Gasteiger partial charge is 0.372 e. The molecule has 2 N–H and O–H groups in total. The number of rotatable bonds is 5. The van der Waals surface area contributed by atoms with Gasteiger partial charge in [0.05, 0.1) is 0 Å². The third-order valence-electron chi connectivity index (χ3n) is 3.22. The van der Waals surface area contributed by atoms with Gasteiger partial charge in [-0.1, -0.05) is 47.6 Å². The van der Waals surface area contributed by atoms with Crippen molar-refractivity contribution in [1.82, 2.24) is 0 Å². The van der Waals surface area contributed by atoms with Gasteiger partial charge in [0.1, 0.15) is 5.75 Å². The van der Waals surface area contributed by atoms with Crippen LogP contribution in [0.1, 0.15) is 16.7 Å². The Morgan fingerprint density at radius 1 is 1.09 bits per heavy atom. The highest BCUT2D eigenvalue weighted by Crippen LogP contribution is 2.20. The fourth-order valence-corrected chi connectivity index (χ4v) is 1.81. The van der Waals surface area contributed by atoms with Crippen LogP contribution in [0.2, 0.25) is 0 Å². The summed E-state index contributed by atoms with van der Waals surface area (Å²) in [6.07, 6.45) is 0. The van der Waals surface area contributed by atoms with E-state index in [1.54, 1.807) is 18.2 Å².